The molecule has 2 aromatic rings. The van der Waals surface area contributed by atoms with Crippen LogP contribution >= 0.6 is 11.6 Å². The molecule has 0 spiro atoms. The van der Waals surface area contributed by atoms with Gasteiger partial charge in [-0.3, -0.25) is 9.36 Å². The second kappa shape index (κ2) is 3.68. The average Bonchev–Trinajstić information content (AvgIpc) is 2.17. The third-order valence-corrected chi connectivity index (χ3v) is 2.53. The Balaban J connectivity index is 2.88. The molecule has 0 bridgehead atoms. The predicted molar refractivity (Wildman–Crippen MR) is 62.1 cm³/mol. The zero-order valence-corrected chi connectivity index (χ0v) is 9.03. The lowest BCUT2D eigenvalue weighted by atomic mass is 10.2. The number of nitrogens with zero attached hydrogens (tertiary/aromatic N) is 1. The zero-order valence-electron chi connectivity index (χ0n) is 8.27. The van der Waals surface area contributed by atoms with Gasteiger partial charge in [0, 0.05) is 11.1 Å². The van der Waals surface area contributed by atoms with Crippen LogP contribution in [0.5, 0.6) is 0 Å². The second-order valence-electron chi connectivity index (χ2n) is 3.49. The summed E-state index contributed by atoms with van der Waals surface area (Å²) in [6, 6.07) is 8.63. The number of nitrogens with two attached hydrogens (primary N) is 1. The summed E-state index contributed by atoms with van der Waals surface area (Å²) in [6.45, 7) is 1.77. The predicted octanol–water partition coefficient (Wildman–Crippen LogP) is 2.13. The van der Waals surface area contributed by atoms with Gasteiger partial charge >= 0.3 is 0 Å². The minimum absolute atomic E-state index is 0.0974. The number of aromatic nitrogens is 1. The van der Waals surface area contributed by atoms with Crippen molar-refractivity contribution in [2.75, 3.05) is 0 Å². The Morgan fingerprint density at radius 1 is 1.33 bits per heavy atom. The molecule has 78 valence electrons. The maximum absolute atomic E-state index is 11.6. The van der Waals surface area contributed by atoms with E-state index < -0.39 is 0 Å². The molecule has 1 atom stereocenters. The van der Waals surface area contributed by atoms with Crippen LogP contribution in [0, 0.1) is 0 Å². The first kappa shape index (κ1) is 10.2. The summed E-state index contributed by atoms with van der Waals surface area (Å²) in [5.41, 5.74) is 6.46. The first-order valence-corrected chi connectivity index (χ1v) is 5.04. The lowest BCUT2D eigenvalue weighted by molar-refractivity contribution is 0.572. The summed E-state index contributed by atoms with van der Waals surface area (Å²) in [6.07, 6.45) is -0.345. The Bertz CT molecular complexity index is 560. The molecule has 0 amide bonds. The number of rotatable bonds is 1. The lowest BCUT2D eigenvalue weighted by Crippen LogP contribution is -2.27. The molecule has 0 aliphatic heterocycles. The van der Waals surface area contributed by atoms with Gasteiger partial charge in [0.1, 0.15) is 0 Å². The molecule has 1 aromatic carbocycles. The average molecular weight is 223 g/mol. The smallest absolute Gasteiger partial charge is 0.252 e. The van der Waals surface area contributed by atoms with E-state index in [1.165, 1.54) is 6.07 Å². The lowest BCUT2D eigenvalue weighted by Gasteiger charge is -2.13. The maximum atomic E-state index is 11.6. The van der Waals surface area contributed by atoms with Gasteiger partial charge in [0.05, 0.1) is 11.7 Å². The van der Waals surface area contributed by atoms with Gasteiger partial charge in [-0.05, 0) is 36.6 Å². The number of hydrogen-bond acceptors (Lipinski definition) is 2. The first-order chi connectivity index (χ1) is 7.09. The van der Waals surface area contributed by atoms with Crippen molar-refractivity contribution < 1.29 is 0 Å². The molecule has 1 heterocycles. The van der Waals surface area contributed by atoms with Gasteiger partial charge in [-0.25, -0.2) is 0 Å². The van der Waals surface area contributed by atoms with Crippen LogP contribution in [0.15, 0.2) is 35.1 Å². The molecule has 2 rings (SSSR count). The van der Waals surface area contributed by atoms with Gasteiger partial charge in [-0.2, -0.15) is 0 Å². The number of hydrogen-bond donors (Lipinski definition) is 1. The molecular weight excluding hydrogens is 212 g/mol. The second-order valence-corrected chi connectivity index (χ2v) is 3.92. The highest BCUT2D eigenvalue weighted by atomic mass is 35.5. The molecule has 0 aliphatic rings. The Kier molecular flexibility index (Phi) is 2.50. The standard InChI is InChI=1S/C11H11ClN2O/c1-7(13)14-10-4-3-9(12)6-8(10)2-5-11(14)15/h2-7H,13H2,1H3. The Morgan fingerprint density at radius 3 is 2.73 bits per heavy atom. The minimum Gasteiger partial charge on any atom is -0.311 e. The fourth-order valence-electron chi connectivity index (χ4n) is 1.66. The highest BCUT2D eigenvalue weighted by Crippen LogP contribution is 2.18. The monoisotopic (exact) mass is 222 g/mol. The summed E-state index contributed by atoms with van der Waals surface area (Å²) in [5.74, 6) is 0. The number of halogens is 1. The molecule has 0 saturated carbocycles. The van der Waals surface area contributed by atoms with Crippen molar-refractivity contribution in [1.29, 1.82) is 0 Å². The first-order valence-electron chi connectivity index (χ1n) is 4.66. The summed E-state index contributed by atoms with van der Waals surface area (Å²) >= 11 is 5.87. The normalized spacial score (nSPS) is 13.0. The summed E-state index contributed by atoms with van der Waals surface area (Å²) in [5, 5.41) is 1.57. The van der Waals surface area contributed by atoms with Crippen LogP contribution in [-0.4, -0.2) is 4.57 Å². The Labute approximate surface area is 92.1 Å². The maximum Gasteiger partial charge on any atom is 0.252 e. The van der Waals surface area contributed by atoms with Crippen molar-refractivity contribution in [3.05, 3.63) is 45.7 Å². The van der Waals surface area contributed by atoms with Crippen molar-refractivity contribution in [3.8, 4) is 0 Å². The van der Waals surface area contributed by atoms with E-state index in [-0.39, 0.29) is 11.7 Å². The third kappa shape index (κ3) is 1.76. The molecule has 3 nitrogen and oxygen atoms in total. The highest BCUT2D eigenvalue weighted by molar-refractivity contribution is 6.31. The van der Waals surface area contributed by atoms with E-state index in [1.807, 2.05) is 12.1 Å². The quantitative estimate of drug-likeness (QED) is 0.804. The molecule has 1 unspecified atom stereocenters. The van der Waals surface area contributed by atoms with Crippen LogP contribution in [-0.2, 0) is 0 Å². The molecule has 0 saturated heterocycles. The number of fused-ring (bicyclic) bond motifs is 1. The number of benzene rings is 1. The van der Waals surface area contributed by atoms with E-state index in [1.54, 1.807) is 23.6 Å². The van der Waals surface area contributed by atoms with Crippen molar-refractivity contribution in [1.82, 2.24) is 4.57 Å². The van der Waals surface area contributed by atoms with Crippen LogP contribution in [0.25, 0.3) is 10.9 Å². The topological polar surface area (TPSA) is 48.0 Å². The summed E-state index contributed by atoms with van der Waals surface area (Å²) in [7, 11) is 0. The van der Waals surface area contributed by atoms with Gasteiger partial charge in [-0.15, -0.1) is 0 Å². The van der Waals surface area contributed by atoms with E-state index in [0.29, 0.717) is 5.02 Å². The Hall–Kier alpha value is -1.32. The van der Waals surface area contributed by atoms with Crippen LogP contribution in [0.2, 0.25) is 5.02 Å². The van der Waals surface area contributed by atoms with Gasteiger partial charge in [-0.1, -0.05) is 11.6 Å². The molecule has 2 N–H and O–H groups in total. The van der Waals surface area contributed by atoms with Gasteiger partial charge in [0.2, 0.25) is 0 Å². The molecular formula is C11H11ClN2O. The van der Waals surface area contributed by atoms with Crippen LogP contribution < -0.4 is 11.3 Å². The van der Waals surface area contributed by atoms with Crippen molar-refractivity contribution in [2.45, 2.75) is 13.1 Å². The molecule has 4 heteroatoms. The van der Waals surface area contributed by atoms with E-state index >= 15 is 0 Å². The SMILES string of the molecule is CC(N)n1c(=O)ccc2cc(Cl)ccc21. The van der Waals surface area contributed by atoms with Crippen molar-refractivity contribution in [2.24, 2.45) is 5.73 Å². The van der Waals surface area contributed by atoms with Crippen LogP contribution in [0.3, 0.4) is 0 Å². The van der Waals surface area contributed by atoms with Crippen molar-refractivity contribution >= 4 is 22.5 Å². The van der Waals surface area contributed by atoms with E-state index in [0.717, 1.165) is 10.9 Å². The molecule has 0 aliphatic carbocycles. The molecule has 15 heavy (non-hydrogen) atoms. The fourth-order valence-corrected chi connectivity index (χ4v) is 1.84. The minimum atomic E-state index is -0.345. The highest BCUT2D eigenvalue weighted by Gasteiger charge is 2.06. The van der Waals surface area contributed by atoms with Gasteiger partial charge < -0.3 is 5.73 Å². The van der Waals surface area contributed by atoms with Crippen LogP contribution in [0.4, 0.5) is 0 Å². The fraction of sp³-hybridized carbons (Fsp3) is 0.182. The van der Waals surface area contributed by atoms with Crippen LogP contribution in [0.1, 0.15) is 13.1 Å². The van der Waals surface area contributed by atoms with Gasteiger partial charge in [0.25, 0.3) is 5.56 Å². The number of pyridine rings is 1. The van der Waals surface area contributed by atoms with Crippen molar-refractivity contribution in [3.63, 3.8) is 0 Å². The van der Waals surface area contributed by atoms with E-state index in [9.17, 15) is 4.79 Å². The molecule has 1 aromatic heterocycles. The van der Waals surface area contributed by atoms with E-state index in [2.05, 4.69) is 0 Å². The van der Waals surface area contributed by atoms with E-state index in [4.69, 9.17) is 17.3 Å². The molecule has 0 fully saturated rings. The largest absolute Gasteiger partial charge is 0.311 e. The zero-order chi connectivity index (χ0) is 11.0. The van der Waals surface area contributed by atoms with Gasteiger partial charge in [0.15, 0.2) is 0 Å². The summed E-state index contributed by atoms with van der Waals surface area (Å²) < 4.78 is 1.55. The third-order valence-electron chi connectivity index (χ3n) is 2.30. The molecule has 0 radical (unpaired) electrons. The summed E-state index contributed by atoms with van der Waals surface area (Å²) in [4.78, 5) is 11.6. The Morgan fingerprint density at radius 2 is 2.07 bits per heavy atom.